The molecule has 1 aromatic rings. The highest BCUT2D eigenvalue weighted by Crippen LogP contribution is 2.21. The average Bonchev–Trinajstić information content (AvgIpc) is 2.50. The molecule has 1 N–H and O–H groups in total. The predicted molar refractivity (Wildman–Crippen MR) is 69.4 cm³/mol. The van der Waals surface area contributed by atoms with Gasteiger partial charge in [-0.15, -0.1) is 12.4 Å². The largest absolute Gasteiger partial charge is 0.361 e. The van der Waals surface area contributed by atoms with E-state index in [0.717, 1.165) is 23.6 Å². The summed E-state index contributed by atoms with van der Waals surface area (Å²) < 4.78 is 5.66. The Morgan fingerprint density at radius 3 is 2.69 bits per heavy atom. The fourth-order valence-electron chi connectivity index (χ4n) is 1.80. The van der Waals surface area contributed by atoms with Crippen molar-refractivity contribution in [3.8, 4) is 0 Å². The summed E-state index contributed by atoms with van der Waals surface area (Å²) in [4.78, 5) is 0. The van der Waals surface area contributed by atoms with Gasteiger partial charge in [0.15, 0.2) is 0 Å². The van der Waals surface area contributed by atoms with Crippen LogP contribution in [0.1, 0.15) is 19.4 Å². The normalized spacial score (nSPS) is 22.8. The number of hydrogen-bond donors (Lipinski definition) is 1. The number of nitrogens with one attached hydrogen (secondary N) is 1. The van der Waals surface area contributed by atoms with Crippen molar-refractivity contribution in [2.75, 3.05) is 6.61 Å². The number of hydrogen-bond acceptors (Lipinski definition) is 2. The molecular formula is C12H17Cl2NO. The van der Waals surface area contributed by atoms with Crippen LogP contribution in [0.4, 0.5) is 0 Å². The standard InChI is InChI=1S/C12H16ClNO.ClH/c1-12(2)8-15-11(14-12)7-9-5-3-4-6-10(9)13;/h3-6,11,14H,7-8H2,1-2H3;1H. The first-order valence-electron chi connectivity index (χ1n) is 5.19. The second kappa shape index (κ2) is 5.37. The van der Waals surface area contributed by atoms with Crippen LogP contribution in [0.3, 0.4) is 0 Å². The maximum atomic E-state index is 6.09. The highest BCUT2D eigenvalue weighted by Gasteiger charge is 2.30. The molecule has 0 bridgehead atoms. The van der Waals surface area contributed by atoms with Crippen LogP contribution < -0.4 is 5.32 Å². The molecule has 0 radical (unpaired) electrons. The van der Waals surface area contributed by atoms with E-state index in [0.29, 0.717) is 0 Å². The summed E-state index contributed by atoms with van der Waals surface area (Å²) in [6.45, 7) is 5.03. The minimum atomic E-state index is 0. The van der Waals surface area contributed by atoms with Crippen LogP contribution in [0.2, 0.25) is 5.02 Å². The smallest absolute Gasteiger partial charge is 0.112 e. The molecule has 1 unspecified atom stereocenters. The van der Waals surface area contributed by atoms with Crippen LogP contribution in [-0.4, -0.2) is 18.4 Å². The molecule has 1 aliphatic rings. The summed E-state index contributed by atoms with van der Waals surface area (Å²) in [5, 5.41) is 4.24. The zero-order valence-electron chi connectivity index (χ0n) is 9.50. The maximum Gasteiger partial charge on any atom is 0.112 e. The Balaban J connectivity index is 0.00000128. The molecule has 1 saturated heterocycles. The van der Waals surface area contributed by atoms with Crippen LogP contribution in [0.15, 0.2) is 24.3 Å². The first kappa shape index (κ1) is 13.8. The van der Waals surface area contributed by atoms with Gasteiger partial charge in [0.2, 0.25) is 0 Å². The van der Waals surface area contributed by atoms with Crippen LogP contribution in [0, 0.1) is 0 Å². The highest BCUT2D eigenvalue weighted by molar-refractivity contribution is 6.31. The number of rotatable bonds is 2. The van der Waals surface area contributed by atoms with E-state index in [1.165, 1.54) is 0 Å². The molecule has 0 spiro atoms. The Morgan fingerprint density at radius 1 is 1.44 bits per heavy atom. The van der Waals surface area contributed by atoms with E-state index in [1.54, 1.807) is 0 Å². The molecule has 1 heterocycles. The third-order valence-corrected chi connectivity index (χ3v) is 2.93. The Morgan fingerprint density at radius 2 is 2.12 bits per heavy atom. The van der Waals surface area contributed by atoms with Gasteiger partial charge in [0.25, 0.3) is 0 Å². The fraction of sp³-hybridized carbons (Fsp3) is 0.500. The molecule has 2 rings (SSSR count). The van der Waals surface area contributed by atoms with Crippen LogP contribution in [0.25, 0.3) is 0 Å². The number of benzene rings is 1. The van der Waals surface area contributed by atoms with E-state index >= 15 is 0 Å². The van der Waals surface area contributed by atoms with Crippen molar-refractivity contribution < 1.29 is 4.74 Å². The third kappa shape index (κ3) is 3.36. The monoisotopic (exact) mass is 261 g/mol. The molecule has 0 aromatic heterocycles. The topological polar surface area (TPSA) is 21.3 Å². The molecular weight excluding hydrogens is 245 g/mol. The summed E-state index contributed by atoms with van der Waals surface area (Å²) >= 11 is 6.09. The molecule has 0 amide bonds. The van der Waals surface area contributed by atoms with Gasteiger partial charge in [-0.1, -0.05) is 29.8 Å². The Kier molecular flexibility index (Phi) is 4.62. The number of halogens is 2. The zero-order valence-corrected chi connectivity index (χ0v) is 11.1. The van der Waals surface area contributed by atoms with Crippen LogP contribution in [-0.2, 0) is 11.2 Å². The van der Waals surface area contributed by atoms with Gasteiger partial charge >= 0.3 is 0 Å². The van der Waals surface area contributed by atoms with Crippen molar-refractivity contribution >= 4 is 24.0 Å². The molecule has 1 aromatic carbocycles. The minimum absolute atomic E-state index is 0. The van der Waals surface area contributed by atoms with Crippen molar-refractivity contribution in [2.45, 2.75) is 32.0 Å². The number of ether oxygens (including phenoxy) is 1. The molecule has 0 saturated carbocycles. The Hall–Kier alpha value is -0.280. The van der Waals surface area contributed by atoms with Crippen LogP contribution in [0.5, 0.6) is 0 Å². The molecule has 1 fully saturated rings. The van der Waals surface area contributed by atoms with E-state index in [-0.39, 0.29) is 24.2 Å². The second-order valence-electron chi connectivity index (χ2n) is 4.62. The van der Waals surface area contributed by atoms with E-state index in [9.17, 15) is 0 Å². The van der Waals surface area contributed by atoms with E-state index in [2.05, 4.69) is 19.2 Å². The lowest BCUT2D eigenvalue weighted by atomic mass is 10.1. The molecule has 2 nitrogen and oxygen atoms in total. The van der Waals surface area contributed by atoms with Gasteiger partial charge in [0, 0.05) is 17.0 Å². The van der Waals surface area contributed by atoms with Crippen LogP contribution >= 0.6 is 24.0 Å². The molecule has 16 heavy (non-hydrogen) atoms. The quantitative estimate of drug-likeness (QED) is 0.884. The van der Waals surface area contributed by atoms with Gasteiger partial charge in [-0.2, -0.15) is 0 Å². The van der Waals surface area contributed by atoms with Gasteiger partial charge in [-0.3, -0.25) is 5.32 Å². The molecule has 4 heteroatoms. The second-order valence-corrected chi connectivity index (χ2v) is 5.03. The van der Waals surface area contributed by atoms with E-state index in [1.807, 2.05) is 24.3 Å². The molecule has 0 aliphatic carbocycles. The van der Waals surface area contributed by atoms with Gasteiger partial charge in [0.1, 0.15) is 6.23 Å². The summed E-state index contributed by atoms with van der Waals surface area (Å²) in [6, 6.07) is 7.90. The van der Waals surface area contributed by atoms with Gasteiger partial charge in [0.05, 0.1) is 6.61 Å². The molecule has 1 atom stereocenters. The summed E-state index contributed by atoms with van der Waals surface area (Å²) in [5.74, 6) is 0. The molecule has 90 valence electrons. The fourth-order valence-corrected chi connectivity index (χ4v) is 2.01. The SMILES string of the molecule is CC1(C)COC(Cc2ccccc2Cl)N1.Cl. The predicted octanol–water partition coefficient (Wildman–Crippen LogP) is 3.03. The van der Waals surface area contributed by atoms with E-state index < -0.39 is 0 Å². The van der Waals surface area contributed by atoms with Crippen molar-refractivity contribution in [1.29, 1.82) is 0 Å². The first-order valence-corrected chi connectivity index (χ1v) is 5.57. The average molecular weight is 262 g/mol. The Labute approximate surface area is 108 Å². The minimum Gasteiger partial charge on any atom is -0.361 e. The Bertz CT molecular complexity index is 355. The molecule has 1 aliphatic heterocycles. The summed E-state index contributed by atoms with van der Waals surface area (Å²) in [6.07, 6.45) is 0.906. The lowest BCUT2D eigenvalue weighted by molar-refractivity contribution is 0.0987. The lowest BCUT2D eigenvalue weighted by Crippen LogP contribution is -2.39. The maximum absolute atomic E-state index is 6.09. The highest BCUT2D eigenvalue weighted by atomic mass is 35.5. The van der Waals surface area contributed by atoms with Gasteiger partial charge in [-0.05, 0) is 25.5 Å². The summed E-state index contributed by atoms with van der Waals surface area (Å²) in [7, 11) is 0. The third-order valence-electron chi connectivity index (χ3n) is 2.56. The lowest BCUT2D eigenvalue weighted by Gasteiger charge is -2.17. The van der Waals surface area contributed by atoms with Crippen molar-refractivity contribution in [2.24, 2.45) is 0 Å². The summed E-state index contributed by atoms with van der Waals surface area (Å²) in [5.41, 5.74) is 1.21. The van der Waals surface area contributed by atoms with E-state index in [4.69, 9.17) is 16.3 Å². The van der Waals surface area contributed by atoms with Crippen molar-refractivity contribution in [3.05, 3.63) is 34.9 Å². The van der Waals surface area contributed by atoms with Crippen molar-refractivity contribution in [1.82, 2.24) is 5.32 Å². The van der Waals surface area contributed by atoms with Gasteiger partial charge in [-0.25, -0.2) is 0 Å². The van der Waals surface area contributed by atoms with Crippen molar-refractivity contribution in [3.63, 3.8) is 0 Å². The zero-order chi connectivity index (χ0) is 10.9. The first-order chi connectivity index (χ1) is 7.07. The van der Waals surface area contributed by atoms with Gasteiger partial charge < -0.3 is 4.74 Å².